The van der Waals surface area contributed by atoms with E-state index < -0.39 is 0 Å². The van der Waals surface area contributed by atoms with Crippen LogP contribution in [0, 0.1) is 0 Å². The number of aromatic nitrogens is 4. The van der Waals surface area contributed by atoms with Crippen molar-refractivity contribution in [3.8, 4) is 112 Å². The molecule has 3 heterocycles. The SMILES string of the molecule is c1ccc(-c2cc(-c3ccccc3)nc(-c3ccc(-c4nc(-c5ccc(-c6cc(-c7ccccc7)nc(-c7ccccc7)c6)cc5)nc5c(-c6ccccc6)cc(-c6ccccc6)cc45)cc3)c2)cc1. The van der Waals surface area contributed by atoms with Crippen LogP contribution in [0.1, 0.15) is 0 Å². The third-order valence-corrected chi connectivity index (χ3v) is 12.9. The Morgan fingerprint density at radius 1 is 0.200 bits per heavy atom. The van der Waals surface area contributed by atoms with Crippen LogP contribution in [-0.4, -0.2) is 19.9 Å². The largest absolute Gasteiger partial charge is 0.248 e. The molecule has 0 aliphatic heterocycles. The molecular formula is C66H44N4. The Hall–Kier alpha value is -9.38. The first-order valence-electron chi connectivity index (χ1n) is 23.6. The van der Waals surface area contributed by atoms with E-state index in [1.54, 1.807) is 0 Å². The molecule has 12 aromatic rings. The number of nitrogens with zero attached hydrogens (tertiary/aromatic N) is 4. The van der Waals surface area contributed by atoms with E-state index >= 15 is 0 Å². The molecule has 0 aliphatic carbocycles. The Morgan fingerprint density at radius 3 is 0.943 bits per heavy atom. The highest BCUT2D eigenvalue weighted by molar-refractivity contribution is 6.04. The van der Waals surface area contributed by atoms with Crippen LogP contribution < -0.4 is 0 Å². The van der Waals surface area contributed by atoms with Gasteiger partial charge in [-0.25, -0.2) is 19.9 Å². The molecule has 3 aromatic heterocycles. The van der Waals surface area contributed by atoms with Crippen molar-refractivity contribution in [1.29, 1.82) is 0 Å². The monoisotopic (exact) mass is 892 g/mol. The predicted molar refractivity (Wildman–Crippen MR) is 289 cm³/mol. The summed E-state index contributed by atoms with van der Waals surface area (Å²) < 4.78 is 0. The van der Waals surface area contributed by atoms with Crippen molar-refractivity contribution < 1.29 is 0 Å². The Morgan fingerprint density at radius 2 is 0.514 bits per heavy atom. The molecule has 0 saturated carbocycles. The number of fused-ring (bicyclic) bond motifs is 1. The van der Waals surface area contributed by atoms with Crippen molar-refractivity contribution >= 4 is 10.9 Å². The van der Waals surface area contributed by atoms with E-state index in [1.807, 2.05) is 18.2 Å². The average Bonchev–Trinajstić information content (AvgIpc) is 3.46. The van der Waals surface area contributed by atoms with Gasteiger partial charge in [-0.2, -0.15) is 0 Å². The maximum atomic E-state index is 5.49. The van der Waals surface area contributed by atoms with Crippen molar-refractivity contribution in [2.75, 3.05) is 0 Å². The molecule has 0 amide bonds. The Balaban J connectivity index is 1.01. The minimum atomic E-state index is 0.650. The van der Waals surface area contributed by atoms with Crippen LogP contribution in [0.5, 0.6) is 0 Å². The first-order valence-corrected chi connectivity index (χ1v) is 23.6. The van der Waals surface area contributed by atoms with Gasteiger partial charge in [-0.15, -0.1) is 0 Å². The van der Waals surface area contributed by atoms with Crippen molar-refractivity contribution in [1.82, 2.24) is 19.9 Å². The molecule has 0 spiro atoms. The summed E-state index contributed by atoms with van der Waals surface area (Å²) in [7, 11) is 0. The van der Waals surface area contributed by atoms with Crippen LogP contribution in [0.15, 0.2) is 267 Å². The minimum absolute atomic E-state index is 0.650. The van der Waals surface area contributed by atoms with Gasteiger partial charge in [-0.3, -0.25) is 0 Å². The molecule has 0 aliphatic rings. The summed E-state index contributed by atoms with van der Waals surface area (Å²) in [6.45, 7) is 0. The Bertz CT molecular complexity index is 3640. The maximum absolute atomic E-state index is 5.49. The highest BCUT2D eigenvalue weighted by Crippen LogP contribution is 2.40. The van der Waals surface area contributed by atoms with Crippen LogP contribution in [0.25, 0.3) is 123 Å². The molecule has 70 heavy (non-hydrogen) atoms. The molecule has 4 nitrogen and oxygen atoms in total. The topological polar surface area (TPSA) is 51.6 Å². The molecule has 12 rings (SSSR count). The number of rotatable bonds is 10. The van der Waals surface area contributed by atoms with E-state index in [0.717, 1.165) is 117 Å². The molecule has 0 atom stereocenters. The second-order valence-corrected chi connectivity index (χ2v) is 17.4. The Kier molecular flexibility index (Phi) is 11.2. The lowest BCUT2D eigenvalue weighted by Crippen LogP contribution is -1.98. The molecule has 0 bridgehead atoms. The molecule has 328 valence electrons. The van der Waals surface area contributed by atoms with Gasteiger partial charge in [-0.1, -0.05) is 231 Å². The van der Waals surface area contributed by atoms with E-state index in [9.17, 15) is 0 Å². The normalized spacial score (nSPS) is 11.1. The van der Waals surface area contributed by atoms with E-state index in [-0.39, 0.29) is 0 Å². The molecule has 0 unspecified atom stereocenters. The molecule has 0 fully saturated rings. The fourth-order valence-corrected chi connectivity index (χ4v) is 9.27. The van der Waals surface area contributed by atoms with Gasteiger partial charge in [0.1, 0.15) is 0 Å². The zero-order chi connectivity index (χ0) is 46.6. The number of benzene rings is 9. The fraction of sp³-hybridized carbons (Fsp3) is 0. The second-order valence-electron chi connectivity index (χ2n) is 17.4. The minimum Gasteiger partial charge on any atom is -0.248 e. The van der Waals surface area contributed by atoms with Gasteiger partial charge in [0, 0.05) is 44.3 Å². The van der Waals surface area contributed by atoms with Crippen LogP contribution in [0.2, 0.25) is 0 Å². The molecule has 4 heteroatoms. The first kappa shape index (κ1) is 42.0. The van der Waals surface area contributed by atoms with Gasteiger partial charge in [-0.05, 0) is 75.3 Å². The third-order valence-electron chi connectivity index (χ3n) is 12.9. The smallest absolute Gasteiger partial charge is 0.160 e. The summed E-state index contributed by atoms with van der Waals surface area (Å²) in [6, 6.07) is 93.4. The lowest BCUT2D eigenvalue weighted by atomic mass is 9.93. The van der Waals surface area contributed by atoms with Gasteiger partial charge in [0.15, 0.2) is 5.82 Å². The predicted octanol–water partition coefficient (Wildman–Crippen LogP) is 17.1. The van der Waals surface area contributed by atoms with Gasteiger partial charge in [0.05, 0.1) is 34.0 Å². The number of hydrogen-bond donors (Lipinski definition) is 0. The van der Waals surface area contributed by atoms with Crippen molar-refractivity contribution in [3.05, 3.63) is 267 Å². The molecule has 0 radical (unpaired) electrons. The van der Waals surface area contributed by atoms with E-state index in [1.165, 1.54) is 0 Å². The molecule has 0 saturated heterocycles. The number of hydrogen-bond acceptors (Lipinski definition) is 4. The standard InChI is InChI=1S/C66H44N4/c1-7-19-45(20-8-1)55-39-58(48-23-11-3-12-24-48)65-59(40-55)64(53-35-33-52(34-36-53)63-42-56(46-21-9-2-10-22-46)41-60(68-63)49-25-13-4-14-26-49)69-66(70-65)54-37-31-47(32-38-54)57-43-61(50-27-15-5-16-28-50)67-62(44-57)51-29-17-6-18-30-51/h1-44H. The van der Waals surface area contributed by atoms with Crippen molar-refractivity contribution in [2.24, 2.45) is 0 Å². The zero-order valence-electron chi connectivity index (χ0n) is 38.2. The highest BCUT2D eigenvalue weighted by Gasteiger charge is 2.19. The molecular weight excluding hydrogens is 849 g/mol. The fourth-order valence-electron chi connectivity index (χ4n) is 9.27. The lowest BCUT2D eigenvalue weighted by molar-refractivity contribution is 1.23. The van der Waals surface area contributed by atoms with E-state index in [2.05, 4.69) is 249 Å². The van der Waals surface area contributed by atoms with Gasteiger partial charge < -0.3 is 0 Å². The van der Waals surface area contributed by atoms with Gasteiger partial charge in [0.25, 0.3) is 0 Å². The maximum Gasteiger partial charge on any atom is 0.160 e. The van der Waals surface area contributed by atoms with Crippen LogP contribution in [0.4, 0.5) is 0 Å². The summed E-state index contributed by atoms with van der Waals surface area (Å²) >= 11 is 0. The summed E-state index contributed by atoms with van der Waals surface area (Å²) in [6.07, 6.45) is 0. The van der Waals surface area contributed by atoms with Crippen LogP contribution in [0.3, 0.4) is 0 Å². The van der Waals surface area contributed by atoms with Gasteiger partial charge in [0.2, 0.25) is 0 Å². The zero-order valence-corrected chi connectivity index (χ0v) is 38.2. The molecule has 9 aromatic carbocycles. The van der Waals surface area contributed by atoms with E-state index in [4.69, 9.17) is 19.9 Å². The first-order chi connectivity index (χ1) is 34.7. The summed E-state index contributed by atoms with van der Waals surface area (Å²) in [5, 5.41) is 0.975. The summed E-state index contributed by atoms with van der Waals surface area (Å²) in [5.41, 5.74) is 20.3. The van der Waals surface area contributed by atoms with Crippen molar-refractivity contribution in [3.63, 3.8) is 0 Å². The van der Waals surface area contributed by atoms with Crippen LogP contribution in [-0.2, 0) is 0 Å². The number of pyridine rings is 2. The average molecular weight is 893 g/mol. The summed E-state index contributed by atoms with van der Waals surface area (Å²) in [4.78, 5) is 21.3. The van der Waals surface area contributed by atoms with E-state index in [0.29, 0.717) is 5.82 Å². The Labute approximate surface area is 408 Å². The third kappa shape index (κ3) is 8.58. The quantitative estimate of drug-likeness (QED) is 0.137. The summed E-state index contributed by atoms with van der Waals surface area (Å²) in [5.74, 6) is 0.650. The molecule has 0 N–H and O–H groups in total. The lowest BCUT2D eigenvalue weighted by Gasteiger charge is -2.16. The van der Waals surface area contributed by atoms with Crippen LogP contribution >= 0.6 is 0 Å². The highest BCUT2D eigenvalue weighted by atomic mass is 14.9. The second kappa shape index (κ2) is 18.7. The van der Waals surface area contributed by atoms with Gasteiger partial charge >= 0.3 is 0 Å². The van der Waals surface area contributed by atoms with Crippen molar-refractivity contribution in [2.45, 2.75) is 0 Å².